The van der Waals surface area contributed by atoms with Crippen LogP contribution in [0.15, 0.2) is 30.5 Å². The Hall–Kier alpha value is -2.37. The van der Waals surface area contributed by atoms with Gasteiger partial charge in [0.15, 0.2) is 0 Å². The van der Waals surface area contributed by atoms with Crippen LogP contribution in [-0.2, 0) is 13.1 Å². The van der Waals surface area contributed by atoms with Crippen molar-refractivity contribution in [2.75, 3.05) is 20.8 Å². The van der Waals surface area contributed by atoms with Crippen LogP contribution >= 0.6 is 0 Å². The number of rotatable bonds is 4. The van der Waals surface area contributed by atoms with Gasteiger partial charge >= 0.3 is 0 Å². The topological polar surface area (TPSA) is 43.7 Å². The molecule has 3 rings (SSSR count). The molecule has 1 aliphatic rings. The molecule has 0 saturated carbocycles. The zero-order valence-electron chi connectivity index (χ0n) is 12.7. The van der Waals surface area contributed by atoms with Crippen molar-refractivity contribution in [1.29, 1.82) is 0 Å². The summed E-state index contributed by atoms with van der Waals surface area (Å²) in [5.74, 6) is 1.43. The lowest BCUT2D eigenvalue weighted by Gasteiger charge is -2.29. The SMILES string of the molecule is [B]c1cc2n(c1)CCN(Cc1ccc(OC)cc1OC)C2=O. The van der Waals surface area contributed by atoms with E-state index in [0.717, 1.165) is 17.9 Å². The summed E-state index contributed by atoms with van der Waals surface area (Å²) in [7, 11) is 9.00. The molecule has 1 amide bonds. The summed E-state index contributed by atoms with van der Waals surface area (Å²) in [6, 6.07) is 7.34. The summed E-state index contributed by atoms with van der Waals surface area (Å²) in [6.07, 6.45) is 1.80. The summed E-state index contributed by atoms with van der Waals surface area (Å²) in [4.78, 5) is 14.3. The second-order valence-electron chi connectivity index (χ2n) is 5.26. The zero-order valence-corrected chi connectivity index (χ0v) is 12.7. The predicted octanol–water partition coefficient (Wildman–Crippen LogP) is 0.955. The van der Waals surface area contributed by atoms with Gasteiger partial charge in [0, 0.05) is 31.3 Å². The molecule has 2 aromatic rings. The van der Waals surface area contributed by atoms with E-state index < -0.39 is 0 Å². The fourth-order valence-corrected chi connectivity index (χ4v) is 2.73. The Morgan fingerprint density at radius 3 is 2.73 bits per heavy atom. The number of ether oxygens (including phenoxy) is 2. The lowest BCUT2D eigenvalue weighted by atomic mass is 10.0. The summed E-state index contributed by atoms with van der Waals surface area (Å²) >= 11 is 0. The molecule has 5 nitrogen and oxygen atoms in total. The standard InChI is InChI=1S/C16H17BN2O3/c1-21-13-4-3-11(15(8-13)22-2)9-19-6-5-18-10-12(17)7-14(18)16(19)20/h3-4,7-8,10H,5-6,9H2,1-2H3. The lowest BCUT2D eigenvalue weighted by molar-refractivity contribution is 0.0690. The number of fused-ring (bicyclic) bond motifs is 1. The normalized spacial score (nSPS) is 13.9. The minimum atomic E-state index is -0.0131. The Kier molecular flexibility index (Phi) is 3.83. The minimum absolute atomic E-state index is 0.0131. The van der Waals surface area contributed by atoms with Crippen LogP contribution in [0.4, 0.5) is 0 Å². The molecule has 2 radical (unpaired) electrons. The fourth-order valence-electron chi connectivity index (χ4n) is 2.73. The van der Waals surface area contributed by atoms with Gasteiger partial charge in [-0.05, 0) is 24.4 Å². The van der Waals surface area contributed by atoms with Crippen LogP contribution < -0.4 is 14.9 Å². The molecule has 0 saturated heterocycles. The van der Waals surface area contributed by atoms with Crippen molar-refractivity contribution < 1.29 is 14.3 Å². The molecule has 0 unspecified atom stereocenters. The number of hydrogen-bond donors (Lipinski definition) is 0. The number of benzene rings is 1. The third-order valence-corrected chi connectivity index (χ3v) is 3.89. The van der Waals surface area contributed by atoms with Gasteiger partial charge < -0.3 is 18.9 Å². The van der Waals surface area contributed by atoms with Gasteiger partial charge in [0.1, 0.15) is 25.0 Å². The maximum Gasteiger partial charge on any atom is 0.270 e. The van der Waals surface area contributed by atoms with E-state index in [4.69, 9.17) is 17.3 Å². The zero-order chi connectivity index (χ0) is 15.7. The van der Waals surface area contributed by atoms with E-state index in [1.165, 1.54) is 0 Å². The van der Waals surface area contributed by atoms with Crippen molar-refractivity contribution in [1.82, 2.24) is 9.47 Å². The van der Waals surface area contributed by atoms with Crippen LogP contribution in [0.1, 0.15) is 16.1 Å². The van der Waals surface area contributed by atoms with Gasteiger partial charge in [-0.15, -0.1) is 0 Å². The van der Waals surface area contributed by atoms with Crippen molar-refractivity contribution in [2.45, 2.75) is 13.1 Å². The molecule has 0 N–H and O–H groups in total. The van der Waals surface area contributed by atoms with Gasteiger partial charge in [0.25, 0.3) is 5.91 Å². The van der Waals surface area contributed by atoms with Crippen LogP contribution in [0, 0.1) is 0 Å². The van der Waals surface area contributed by atoms with E-state index in [-0.39, 0.29) is 5.91 Å². The molecule has 0 bridgehead atoms. The number of carbonyl (C=O) groups excluding carboxylic acids is 1. The highest BCUT2D eigenvalue weighted by atomic mass is 16.5. The Morgan fingerprint density at radius 2 is 2.00 bits per heavy atom. The monoisotopic (exact) mass is 296 g/mol. The molecule has 112 valence electrons. The Bertz CT molecular complexity index is 711. The molecule has 1 aromatic carbocycles. The molecule has 0 atom stereocenters. The number of aromatic nitrogens is 1. The fraction of sp³-hybridized carbons (Fsp3) is 0.312. The Labute approximate surface area is 130 Å². The molecule has 0 aliphatic carbocycles. The van der Waals surface area contributed by atoms with Gasteiger partial charge in [0.2, 0.25) is 0 Å². The first kappa shape index (κ1) is 14.6. The quantitative estimate of drug-likeness (QED) is 0.789. The summed E-state index contributed by atoms with van der Waals surface area (Å²) in [6.45, 7) is 1.89. The Morgan fingerprint density at radius 1 is 1.18 bits per heavy atom. The molecule has 6 heteroatoms. The number of methoxy groups -OCH3 is 2. The van der Waals surface area contributed by atoms with Crippen LogP contribution in [-0.4, -0.2) is 44.0 Å². The maximum absolute atomic E-state index is 12.5. The average Bonchev–Trinajstić information content (AvgIpc) is 2.91. The molecular weight excluding hydrogens is 279 g/mol. The molecule has 1 aliphatic heterocycles. The highest BCUT2D eigenvalue weighted by molar-refractivity contribution is 6.32. The van der Waals surface area contributed by atoms with Gasteiger partial charge in [-0.25, -0.2) is 0 Å². The second kappa shape index (κ2) is 5.79. The smallest absolute Gasteiger partial charge is 0.270 e. The highest BCUT2D eigenvalue weighted by Gasteiger charge is 2.25. The van der Waals surface area contributed by atoms with Crippen LogP contribution in [0.5, 0.6) is 11.5 Å². The van der Waals surface area contributed by atoms with Gasteiger partial charge in [-0.2, -0.15) is 0 Å². The average molecular weight is 296 g/mol. The van der Waals surface area contributed by atoms with Crippen molar-refractivity contribution in [2.24, 2.45) is 0 Å². The first-order chi connectivity index (χ1) is 10.6. The summed E-state index contributed by atoms with van der Waals surface area (Å²) in [5, 5.41) is 0. The van der Waals surface area contributed by atoms with E-state index in [1.807, 2.05) is 22.8 Å². The van der Waals surface area contributed by atoms with Gasteiger partial charge in [0.05, 0.1) is 14.2 Å². The van der Waals surface area contributed by atoms with Crippen LogP contribution in [0.25, 0.3) is 0 Å². The van der Waals surface area contributed by atoms with E-state index in [0.29, 0.717) is 30.0 Å². The Balaban J connectivity index is 1.84. The van der Waals surface area contributed by atoms with Crippen molar-refractivity contribution in [3.05, 3.63) is 41.7 Å². The van der Waals surface area contributed by atoms with Crippen LogP contribution in [0.3, 0.4) is 0 Å². The highest BCUT2D eigenvalue weighted by Crippen LogP contribution is 2.26. The first-order valence-electron chi connectivity index (χ1n) is 7.08. The third kappa shape index (κ3) is 2.56. The lowest BCUT2D eigenvalue weighted by Crippen LogP contribution is -2.39. The summed E-state index contributed by atoms with van der Waals surface area (Å²) < 4.78 is 12.5. The number of nitrogens with zero attached hydrogens (tertiary/aromatic N) is 2. The van der Waals surface area contributed by atoms with E-state index in [2.05, 4.69) is 0 Å². The third-order valence-electron chi connectivity index (χ3n) is 3.89. The van der Waals surface area contributed by atoms with Gasteiger partial charge in [-0.3, -0.25) is 4.79 Å². The van der Waals surface area contributed by atoms with Crippen molar-refractivity contribution >= 4 is 19.2 Å². The first-order valence-corrected chi connectivity index (χ1v) is 7.08. The van der Waals surface area contributed by atoms with E-state index in [9.17, 15) is 4.79 Å². The van der Waals surface area contributed by atoms with E-state index in [1.54, 1.807) is 31.4 Å². The molecular formula is C16H17BN2O3. The number of carbonyl (C=O) groups is 1. The molecule has 0 spiro atoms. The largest absolute Gasteiger partial charge is 0.497 e. The van der Waals surface area contributed by atoms with E-state index >= 15 is 0 Å². The maximum atomic E-state index is 12.5. The minimum Gasteiger partial charge on any atom is -0.497 e. The number of hydrogen-bond acceptors (Lipinski definition) is 3. The van der Waals surface area contributed by atoms with Gasteiger partial charge in [-0.1, -0.05) is 5.46 Å². The summed E-state index contributed by atoms with van der Waals surface area (Å²) in [5.41, 5.74) is 2.20. The van der Waals surface area contributed by atoms with Crippen molar-refractivity contribution in [3.8, 4) is 11.5 Å². The van der Waals surface area contributed by atoms with Crippen LogP contribution in [0.2, 0.25) is 0 Å². The number of amides is 1. The molecule has 1 aromatic heterocycles. The molecule has 22 heavy (non-hydrogen) atoms. The van der Waals surface area contributed by atoms with Crippen molar-refractivity contribution in [3.63, 3.8) is 0 Å². The molecule has 2 heterocycles. The molecule has 0 fully saturated rings. The predicted molar refractivity (Wildman–Crippen MR) is 84.1 cm³/mol. The second-order valence-corrected chi connectivity index (χ2v) is 5.26.